The van der Waals surface area contributed by atoms with Gasteiger partial charge in [-0.3, -0.25) is 9.20 Å². The summed E-state index contributed by atoms with van der Waals surface area (Å²) in [5.74, 6) is 0. The molecule has 1 N–H and O–H groups in total. The molecule has 0 saturated heterocycles. The van der Waals surface area contributed by atoms with E-state index in [4.69, 9.17) is 0 Å². The van der Waals surface area contributed by atoms with Crippen LogP contribution in [0.5, 0.6) is 0 Å². The molecule has 2 aromatic rings. The maximum Gasteiger partial charge on any atom is 0.279 e. The second kappa shape index (κ2) is 6.10. The van der Waals surface area contributed by atoms with Gasteiger partial charge < -0.3 is 0 Å². The molecular formula is C14H19N3O3S2. The van der Waals surface area contributed by atoms with Crippen LogP contribution in [0.15, 0.2) is 21.3 Å². The number of thiazole rings is 1. The summed E-state index contributed by atoms with van der Waals surface area (Å²) in [5, 5.41) is 1.72. The van der Waals surface area contributed by atoms with Gasteiger partial charge in [-0.1, -0.05) is 25.7 Å². The van der Waals surface area contributed by atoms with Crippen molar-refractivity contribution in [3.63, 3.8) is 0 Å². The number of hydrogen-bond acceptors (Lipinski definition) is 5. The molecule has 8 heteroatoms. The quantitative estimate of drug-likeness (QED) is 0.867. The van der Waals surface area contributed by atoms with Gasteiger partial charge in [0.2, 0.25) is 10.0 Å². The van der Waals surface area contributed by atoms with E-state index in [1.165, 1.54) is 15.7 Å². The summed E-state index contributed by atoms with van der Waals surface area (Å²) in [7, 11) is -3.85. The minimum atomic E-state index is -3.85. The summed E-state index contributed by atoms with van der Waals surface area (Å²) in [6, 6.07) is -0.0885. The summed E-state index contributed by atoms with van der Waals surface area (Å²) in [6.07, 6.45) is 7.53. The van der Waals surface area contributed by atoms with Gasteiger partial charge in [0, 0.05) is 17.6 Å². The molecule has 2 heterocycles. The van der Waals surface area contributed by atoms with E-state index >= 15 is 0 Å². The molecule has 0 aliphatic heterocycles. The minimum absolute atomic E-state index is 0.0885. The van der Waals surface area contributed by atoms with Crippen LogP contribution >= 0.6 is 11.3 Å². The van der Waals surface area contributed by atoms with E-state index in [1.54, 1.807) is 18.5 Å². The molecule has 3 rings (SSSR count). The minimum Gasteiger partial charge on any atom is -0.267 e. The van der Waals surface area contributed by atoms with Crippen molar-refractivity contribution >= 4 is 26.3 Å². The first-order chi connectivity index (χ1) is 10.5. The van der Waals surface area contributed by atoms with Gasteiger partial charge in [-0.15, -0.1) is 11.3 Å². The number of nitrogens with zero attached hydrogens (tertiary/aromatic N) is 2. The van der Waals surface area contributed by atoms with Gasteiger partial charge in [-0.25, -0.2) is 18.1 Å². The molecule has 0 unspecified atom stereocenters. The van der Waals surface area contributed by atoms with Crippen LogP contribution in [0, 0.1) is 6.92 Å². The van der Waals surface area contributed by atoms with Gasteiger partial charge >= 0.3 is 0 Å². The lowest BCUT2D eigenvalue weighted by atomic mass is 10.1. The Morgan fingerprint density at radius 3 is 2.64 bits per heavy atom. The third-order valence-electron chi connectivity index (χ3n) is 4.04. The normalized spacial score (nSPS) is 17.7. The van der Waals surface area contributed by atoms with Crippen molar-refractivity contribution in [2.75, 3.05) is 0 Å². The molecule has 1 saturated carbocycles. The molecular weight excluding hydrogens is 322 g/mol. The Bertz CT molecular complexity index is 831. The lowest BCUT2D eigenvalue weighted by molar-refractivity contribution is 0.508. The van der Waals surface area contributed by atoms with Crippen molar-refractivity contribution < 1.29 is 8.42 Å². The van der Waals surface area contributed by atoms with Crippen molar-refractivity contribution in [3.8, 4) is 0 Å². The predicted molar refractivity (Wildman–Crippen MR) is 85.9 cm³/mol. The van der Waals surface area contributed by atoms with Gasteiger partial charge in [0.05, 0.1) is 5.69 Å². The average molecular weight is 341 g/mol. The van der Waals surface area contributed by atoms with E-state index in [1.807, 2.05) is 0 Å². The predicted octanol–water partition coefficient (Wildman–Crippen LogP) is 2.07. The lowest BCUT2D eigenvalue weighted by Gasteiger charge is -2.16. The van der Waals surface area contributed by atoms with Gasteiger partial charge in [0.1, 0.15) is 0 Å². The molecule has 0 atom stereocenters. The molecule has 0 radical (unpaired) electrons. The fourth-order valence-electron chi connectivity index (χ4n) is 2.95. The highest BCUT2D eigenvalue weighted by molar-refractivity contribution is 7.89. The molecule has 0 amide bonds. The van der Waals surface area contributed by atoms with E-state index in [2.05, 4.69) is 9.71 Å². The number of hydrogen-bond donors (Lipinski definition) is 1. The molecule has 2 aromatic heterocycles. The molecule has 22 heavy (non-hydrogen) atoms. The highest BCUT2D eigenvalue weighted by Crippen LogP contribution is 2.20. The summed E-state index contributed by atoms with van der Waals surface area (Å²) >= 11 is 1.31. The monoisotopic (exact) mass is 341 g/mol. The van der Waals surface area contributed by atoms with Gasteiger partial charge in [-0.2, -0.15) is 0 Å². The zero-order valence-corrected chi connectivity index (χ0v) is 14.0. The smallest absolute Gasteiger partial charge is 0.267 e. The van der Waals surface area contributed by atoms with E-state index in [-0.39, 0.29) is 16.6 Å². The van der Waals surface area contributed by atoms with Crippen molar-refractivity contribution in [1.82, 2.24) is 14.1 Å². The summed E-state index contributed by atoms with van der Waals surface area (Å²) in [5.41, 5.74) is -0.265. The largest absolute Gasteiger partial charge is 0.279 e. The Kier molecular flexibility index (Phi) is 4.33. The van der Waals surface area contributed by atoms with Crippen molar-refractivity contribution in [2.24, 2.45) is 0 Å². The number of rotatable bonds is 3. The van der Waals surface area contributed by atoms with Crippen LogP contribution in [0.2, 0.25) is 0 Å². The van der Waals surface area contributed by atoms with E-state index in [0.717, 1.165) is 38.5 Å². The Morgan fingerprint density at radius 2 is 1.95 bits per heavy atom. The molecule has 1 aliphatic carbocycles. The number of aryl methyl sites for hydroxylation is 1. The third kappa shape index (κ3) is 2.95. The maximum atomic E-state index is 12.7. The van der Waals surface area contributed by atoms with Gasteiger partial charge in [0.25, 0.3) is 5.56 Å². The van der Waals surface area contributed by atoms with E-state index in [0.29, 0.717) is 4.96 Å². The number of sulfonamides is 1. The number of fused-ring (bicyclic) bond motifs is 1. The topological polar surface area (TPSA) is 80.5 Å². The Hall–Kier alpha value is -1.25. The van der Waals surface area contributed by atoms with E-state index in [9.17, 15) is 13.2 Å². The second-order valence-electron chi connectivity index (χ2n) is 5.70. The first kappa shape index (κ1) is 15.6. The summed E-state index contributed by atoms with van der Waals surface area (Å²) in [4.78, 5) is 17.0. The van der Waals surface area contributed by atoms with Crippen LogP contribution in [-0.4, -0.2) is 23.8 Å². The maximum absolute atomic E-state index is 12.7. The first-order valence-corrected chi connectivity index (χ1v) is 9.84. The second-order valence-corrected chi connectivity index (χ2v) is 8.22. The molecule has 120 valence electrons. The molecule has 1 fully saturated rings. The molecule has 6 nitrogen and oxygen atoms in total. The zero-order valence-electron chi connectivity index (χ0n) is 12.4. The zero-order chi connectivity index (χ0) is 15.7. The SMILES string of the molecule is Cc1nc2sccn2c(=O)c1S(=O)(=O)NC1CCCCCC1. The number of nitrogens with one attached hydrogen (secondary N) is 1. The summed E-state index contributed by atoms with van der Waals surface area (Å²) < 4.78 is 29.3. The number of aromatic nitrogens is 2. The molecule has 0 bridgehead atoms. The van der Waals surface area contributed by atoms with Crippen LogP contribution in [0.1, 0.15) is 44.2 Å². The van der Waals surface area contributed by atoms with E-state index < -0.39 is 15.6 Å². The van der Waals surface area contributed by atoms with Crippen LogP contribution in [-0.2, 0) is 10.0 Å². The average Bonchev–Trinajstić information content (AvgIpc) is 2.76. The third-order valence-corrected chi connectivity index (χ3v) is 6.45. The van der Waals surface area contributed by atoms with Gasteiger partial charge in [-0.05, 0) is 19.8 Å². The molecule has 0 spiro atoms. The Balaban J connectivity index is 1.99. The van der Waals surface area contributed by atoms with Gasteiger partial charge in [0.15, 0.2) is 9.86 Å². The van der Waals surface area contributed by atoms with Crippen molar-refractivity contribution in [1.29, 1.82) is 0 Å². The standard InChI is InChI=1S/C14H19N3O3S2/c1-10-12(13(18)17-8-9-21-14(17)15-10)22(19,20)16-11-6-4-2-3-5-7-11/h8-9,11,16H,2-7H2,1H3. The highest BCUT2D eigenvalue weighted by atomic mass is 32.2. The first-order valence-electron chi connectivity index (χ1n) is 7.48. The van der Waals surface area contributed by atoms with Crippen LogP contribution in [0.25, 0.3) is 4.96 Å². The van der Waals surface area contributed by atoms with Crippen LogP contribution in [0.4, 0.5) is 0 Å². The van der Waals surface area contributed by atoms with Crippen molar-refractivity contribution in [2.45, 2.75) is 56.4 Å². The highest BCUT2D eigenvalue weighted by Gasteiger charge is 2.27. The molecule has 1 aliphatic rings. The van der Waals surface area contributed by atoms with Crippen LogP contribution in [0.3, 0.4) is 0 Å². The fourth-order valence-corrected chi connectivity index (χ4v) is 5.26. The Labute approximate surface area is 133 Å². The summed E-state index contributed by atoms with van der Waals surface area (Å²) in [6.45, 7) is 1.57. The van der Waals surface area contributed by atoms with Crippen molar-refractivity contribution in [3.05, 3.63) is 27.6 Å². The fraction of sp³-hybridized carbons (Fsp3) is 0.571. The lowest BCUT2D eigenvalue weighted by Crippen LogP contribution is -2.38. The molecule has 0 aromatic carbocycles. The van der Waals surface area contributed by atoms with Crippen LogP contribution < -0.4 is 10.3 Å². The Morgan fingerprint density at radius 1 is 1.27 bits per heavy atom.